The number of likely N-dealkylation sites (tertiary alicyclic amines) is 1. The van der Waals surface area contributed by atoms with Gasteiger partial charge in [0.15, 0.2) is 0 Å². The number of para-hydroxylation sites is 1. The van der Waals surface area contributed by atoms with Crippen LogP contribution in [-0.2, 0) is 4.74 Å². The number of carbonyl (C=O) groups excluding carboxylic acids is 1. The number of anilines is 1. The van der Waals surface area contributed by atoms with Crippen molar-refractivity contribution in [1.82, 2.24) is 10.2 Å². The fraction of sp³-hybridized carbons (Fsp3) is 0.650. The maximum absolute atomic E-state index is 12.4. The second-order valence-electron chi connectivity index (χ2n) is 7.72. The van der Waals surface area contributed by atoms with Gasteiger partial charge < -0.3 is 19.9 Å². The monoisotopic (exact) mass is 343 g/mol. The van der Waals surface area contributed by atoms with Crippen LogP contribution < -0.4 is 10.2 Å². The SMILES string of the molecule is CN(CCCCNC(=O)N1C[C@@H]2[C@H](C1)[C@H]1CC[C@H]2O1)c1ccccc1. The third kappa shape index (κ3) is 3.47. The molecule has 136 valence electrons. The van der Waals surface area contributed by atoms with Crippen molar-refractivity contribution in [2.75, 3.05) is 38.1 Å². The van der Waals surface area contributed by atoms with Crippen LogP contribution in [0.2, 0.25) is 0 Å². The predicted octanol–water partition coefficient (Wildman–Crippen LogP) is 2.72. The number of hydrogen-bond acceptors (Lipinski definition) is 3. The van der Waals surface area contributed by atoms with E-state index in [2.05, 4.69) is 41.5 Å². The molecule has 3 aliphatic heterocycles. The molecule has 0 aliphatic carbocycles. The van der Waals surface area contributed by atoms with E-state index in [0.29, 0.717) is 24.0 Å². The second-order valence-corrected chi connectivity index (χ2v) is 7.72. The summed E-state index contributed by atoms with van der Waals surface area (Å²) in [5.74, 6) is 1.17. The first-order valence-corrected chi connectivity index (χ1v) is 9.67. The number of nitrogens with one attached hydrogen (secondary N) is 1. The molecular formula is C20H29N3O2. The van der Waals surface area contributed by atoms with Crippen LogP contribution in [0, 0.1) is 11.8 Å². The summed E-state index contributed by atoms with van der Waals surface area (Å²) in [6.07, 6.45) is 5.31. The molecular weight excluding hydrogens is 314 g/mol. The number of fused-ring (bicyclic) bond motifs is 5. The van der Waals surface area contributed by atoms with E-state index in [4.69, 9.17) is 4.74 Å². The second kappa shape index (κ2) is 7.24. The van der Waals surface area contributed by atoms with Crippen molar-refractivity contribution in [3.8, 4) is 0 Å². The number of hydrogen-bond donors (Lipinski definition) is 1. The lowest BCUT2D eigenvalue weighted by atomic mass is 9.82. The third-order valence-corrected chi connectivity index (χ3v) is 6.13. The maximum atomic E-state index is 12.4. The highest BCUT2D eigenvalue weighted by atomic mass is 16.5. The zero-order chi connectivity index (χ0) is 17.2. The van der Waals surface area contributed by atoms with E-state index in [9.17, 15) is 4.79 Å². The minimum absolute atomic E-state index is 0.116. The van der Waals surface area contributed by atoms with Gasteiger partial charge in [0.1, 0.15) is 0 Å². The summed E-state index contributed by atoms with van der Waals surface area (Å²) in [4.78, 5) is 16.7. The summed E-state index contributed by atoms with van der Waals surface area (Å²) < 4.78 is 5.98. The van der Waals surface area contributed by atoms with Crippen molar-refractivity contribution in [3.05, 3.63) is 30.3 Å². The smallest absolute Gasteiger partial charge is 0.317 e. The molecule has 4 atom stereocenters. The molecule has 0 spiro atoms. The molecule has 2 amide bonds. The number of unbranched alkanes of at least 4 members (excludes halogenated alkanes) is 1. The molecule has 5 heteroatoms. The van der Waals surface area contributed by atoms with Gasteiger partial charge in [-0.25, -0.2) is 4.79 Å². The van der Waals surface area contributed by atoms with Gasteiger partial charge in [0.2, 0.25) is 0 Å². The molecule has 0 saturated carbocycles. The van der Waals surface area contributed by atoms with Crippen LogP contribution in [0.5, 0.6) is 0 Å². The number of ether oxygens (including phenoxy) is 1. The molecule has 5 nitrogen and oxygen atoms in total. The Bertz CT molecular complexity index is 576. The molecule has 3 aliphatic rings. The van der Waals surface area contributed by atoms with Crippen molar-refractivity contribution in [3.63, 3.8) is 0 Å². The Morgan fingerprint density at radius 1 is 1.16 bits per heavy atom. The molecule has 1 aromatic rings. The van der Waals surface area contributed by atoms with Crippen LogP contribution in [0.25, 0.3) is 0 Å². The van der Waals surface area contributed by atoms with Crippen LogP contribution in [0.3, 0.4) is 0 Å². The summed E-state index contributed by atoms with van der Waals surface area (Å²) in [5, 5.41) is 3.11. The predicted molar refractivity (Wildman–Crippen MR) is 98.8 cm³/mol. The molecule has 3 saturated heterocycles. The Morgan fingerprint density at radius 3 is 2.52 bits per heavy atom. The first-order valence-electron chi connectivity index (χ1n) is 9.67. The molecule has 3 heterocycles. The van der Waals surface area contributed by atoms with Crippen LogP contribution in [0.15, 0.2) is 30.3 Å². The zero-order valence-electron chi connectivity index (χ0n) is 15.1. The van der Waals surface area contributed by atoms with E-state index < -0.39 is 0 Å². The zero-order valence-corrected chi connectivity index (χ0v) is 15.1. The fourth-order valence-electron chi connectivity index (χ4n) is 4.72. The van der Waals surface area contributed by atoms with Crippen molar-refractivity contribution in [1.29, 1.82) is 0 Å². The van der Waals surface area contributed by atoms with E-state index in [1.807, 2.05) is 11.0 Å². The summed E-state index contributed by atoms with van der Waals surface area (Å²) in [6, 6.07) is 10.5. The van der Waals surface area contributed by atoms with E-state index >= 15 is 0 Å². The van der Waals surface area contributed by atoms with E-state index in [1.165, 1.54) is 18.5 Å². The summed E-state index contributed by atoms with van der Waals surface area (Å²) >= 11 is 0. The number of urea groups is 1. The molecule has 0 unspecified atom stereocenters. The number of rotatable bonds is 6. The molecule has 1 aromatic carbocycles. The summed E-state index contributed by atoms with van der Waals surface area (Å²) in [6.45, 7) is 3.54. The molecule has 4 rings (SSSR count). The first-order chi connectivity index (χ1) is 12.2. The number of benzene rings is 1. The Balaban J connectivity index is 1.13. The normalized spacial score (nSPS) is 29.7. The van der Waals surface area contributed by atoms with Crippen LogP contribution in [0.1, 0.15) is 25.7 Å². The molecule has 1 N–H and O–H groups in total. The van der Waals surface area contributed by atoms with Crippen molar-refractivity contribution in [2.45, 2.75) is 37.9 Å². The van der Waals surface area contributed by atoms with E-state index in [0.717, 1.165) is 39.0 Å². The first kappa shape index (κ1) is 16.7. The Hall–Kier alpha value is -1.75. The van der Waals surface area contributed by atoms with Gasteiger partial charge in [-0.1, -0.05) is 18.2 Å². The Kier molecular flexibility index (Phi) is 4.84. The molecule has 0 aromatic heterocycles. The van der Waals surface area contributed by atoms with Gasteiger partial charge in [-0.05, 0) is 37.8 Å². The van der Waals surface area contributed by atoms with Crippen molar-refractivity contribution >= 4 is 11.7 Å². The summed E-state index contributed by atoms with van der Waals surface area (Å²) in [7, 11) is 2.12. The highest BCUT2D eigenvalue weighted by molar-refractivity contribution is 5.74. The minimum Gasteiger partial charge on any atom is -0.375 e. The summed E-state index contributed by atoms with van der Waals surface area (Å²) in [5.41, 5.74) is 1.24. The van der Waals surface area contributed by atoms with Crippen LogP contribution in [-0.4, -0.2) is 56.4 Å². The topological polar surface area (TPSA) is 44.8 Å². The Morgan fingerprint density at radius 2 is 1.84 bits per heavy atom. The highest BCUT2D eigenvalue weighted by Gasteiger charge is 2.53. The molecule has 2 bridgehead atoms. The van der Waals surface area contributed by atoms with Gasteiger partial charge in [-0.2, -0.15) is 0 Å². The number of nitrogens with zero attached hydrogens (tertiary/aromatic N) is 2. The quantitative estimate of drug-likeness (QED) is 0.808. The van der Waals surface area contributed by atoms with E-state index in [-0.39, 0.29) is 6.03 Å². The minimum atomic E-state index is 0.116. The van der Waals surface area contributed by atoms with Gasteiger partial charge in [0.25, 0.3) is 0 Å². The standard InChI is InChI=1S/C20H29N3O2/c1-22(15-7-3-2-4-8-15)12-6-5-11-21-20(24)23-13-16-17(14-23)19-10-9-18(16)25-19/h2-4,7-8,16-19H,5-6,9-14H2,1H3,(H,21,24)/t16-,17+,18-,19-/m1/s1. The molecule has 0 radical (unpaired) electrons. The number of carbonyl (C=O) groups is 1. The van der Waals surface area contributed by atoms with Gasteiger partial charge in [-0.15, -0.1) is 0 Å². The van der Waals surface area contributed by atoms with Gasteiger partial charge in [0, 0.05) is 50.7 Å². The van der Waals surface area contributed by atoms with Gasteiger partial charge in [-0.3, -0.25) is 0 Å². The fourth-order valence-corrected chi connectivity index (χ4v) is 4.72. The van der Waals surface area contributed by atoms with Crippen molar-refractivity contribution < 1.29 is 9.53 Å². The number of amides is 2. The molecule has 25 heavy (non-hydrogen) atoms. The maximum Gasteiger partial charge on any atom is 0.317 e. The lowest BCUT2D eigenvalue weighted by Gasteiger charge is -2.20. The third-order valence-electron chi connectivity index (χ3n) is 6.13. The van der Waals surface area contributed by atoms with E-state index in [1.54, 1.807) is 0 Å². The average molecular weight is 343 g/mol. The van der Waals surface area contributed by atoms with Gasteiger partial charge in [0.05, 0.1) is 12.2 Å². The Labute approximate surface area is 150 Å². The van der Waals surface area contributed by atoms with Crippen LogP contribution >= 0.6 is 0 Å². The van der Waals surface area contributed by atoms with Gasteiger partial charge >= 0.3 is 6.03 Å². The largest absolute Gasteiger partial charge is 0.375 e. The molecule has 3 fully saturated rings. The average Bonchev–Trinajstić information content (AvgIpc) is 3.34. The lowest BCUT2D eigenvalue weighted by molar-refractivity contribution is 0.0739. The van der Waals surface area contributed by atoms with Crippen LogP contribution in [0.4, 0.5) is 10.5 Å². The lowest BCUT2D eigenvalue weighted by Crippen LogP contribution is -2.40. The highest BCUT2D eigenvalue weighted by Crippen LogP contribution is 2.47. The van der Waals surface area contributed by atoms with Crippen molar-refractivity contribution in [2.24, 2.45) is 11.8 Å².